The number of carbonyl (C=O) groups is 1. The normalized spacial score (nSPS) is 45.1. The molecule has 14 heavy (non-hydrogen) atoms. The van der Waals surface area contributed by atoms with Crippen molar-refractivity contribution in [3.63, 3.8) is 0 Å². The molecule has 0 unspecified atom stereocenters. The highest BCUT2D eigenvalue weighted by atomic mass is 16.6. The molecule has 0 aromatic rings. The van der Waals surface area contributed by atoms with Crippen molar-refractivity contribution in [1.82, 2.24) is 0 Å². The molecular formula is C12H18O2. The van der Waals surface area contributed by atoms with Crippen molar-refractivity contribution in [3.05, 3.63) is 11.1 Å². The summed E-state index contributed by atoms with van der Waals surface area (Å²) in [6, 6.07) is 0. The van der Waals surface area contributed by atoms with Crippen LogP contribution in [0.1, 0.15) is 41.5 Å². The van der Waals surface area contributed by atoms with Crippen molar-refractivity contribution < 1.29 is 9.53 Å². The molecule has 0 saturated carbocycles. The molecule has 2 nitrogen and oxygen atoms in total. The quantitative estimate of drug-likeness (QED) is 0.554. The molecule has 0 bridgehead atoms. The lowest BCUT2D eigenvalue weighted by molar-refractivity contribution is -0.126. The van der Waals surface area contributed by atoms with Crippen molar-refractivity contribution in [3.8, 4) is 0 Å². The number of allylic oxidation sites excluding steroid dienone is 1. The molecular weight excluding hydrogens is 176 g/mol. The van der Waals surface area contributed by atoms with Gasteiger partial charge < -0.3 is 4.74 Å². The second-order valence-electron chi connectivity index (χ2n) is 5.37. The van der Waals surface area contributed by atoms with Crippen molar-refractivity contribution in [1.29, 1.82) is 0 Å². The van der Waals surface area contributed by atoms with E-state index in [0.717, 1.165) is 11.1 Å². The zero-order valence-electron chi connectivity index (χ0n) is 9.82. The molecule has 1 aliphatic carbocycles. The summed E-state index contributed by atoms with van der Waals surface area (Å²) in [5, 5.41) is 0. The Morgan fingerprint density at radius 1 is 1.07 bits per heavy atom. The fourth-order valence-corrected chi connectivity index (χ4v) is 2.75. The molecule has 0 aromatic heterocycles. The molecule has 0 aromatic carbocycles. The number of hydrogen-bond acceptors (Lipinski definition) is 2. The maximum Gasteiger partial charge on any atom is 0.167 e. The number of ketones is 1. The first kappa shape index (κ1) is 9.91. The second kappa shape index (κ2) is 2.13. The number of fused-ring (bicyclic) bond motifs is 1. The molecule has 2 atom stereocenters. The molecule has 0 radical (unpaired) electrons. The molecule has 1 fully saturated rings. The van der Waals surface area contributed by atoms with Crippen LogP contribution < -0.4 is 0 Å². The summed E-state index contributed by atoms with van der Waals surface area (Å²) in [5.74, 6) is 0.229. The summed E-state index contributed by atoms with van der Waals surface area (Å²) >= 11 is 0. The Morgan fingerprint density at radius 2 is 1.57 bits per heavy atom. The Balaban J connectivity index is 2.65. The summed E-state index contributed by atoms with van der Waals surface area (Å²) in [6.45, 7) is 12.0. The Morgan fingerprint density at radius 3 is 2.07 bits per heavy atom. The van der Waals surface area contributed by atoms with Crippen LogP contribution in [0.15, 0.2) is 11.1 Å². The third kappa shape index (κ3) is 0.714. The van der Waals surface area contributed by atoms with Gasteiger partial charge in [0.25, 0.3) is 0 Å². The van der Waals surface area contributed by atoms with Gasteiger partial charge in [-0.2, -0.15) is 0 Å². The van der Waals surface area contributed by atoms with Crippen molar-refractivity contribution in [2.75, 3.05) is 0 Å². The van der Waals surface area contributed by atoms with Crippen molar-refractivity contribution in [2.45, 2.75) is 52.7 Å². The van der Waals surface area contributed by atoms with Gasteiger partial charge in [-0.1, -0.05) is 0 Å². The summed E-state index contributed by atoms with van der Waals surface area (Å²) in [7, 11) is 0. The van der Waals surface area contributed by atoms with Crippen LogP contribution in [0.2, 0.25) is 0 Å². The first-order valence-corrected chi connectivity index (χ1v) is 5.11. The summed E-state index contributed by atoms with van der Waals surface area (Å²) < 4.78 is 5.84. The van der Waals surface area contributed by atoms with E-state index in [4.69, 9.17) is 4.74 Å². The van der Waals surface area contributed by atoms with E-state index in [9.17, 15) is 4.79 Å². The number of Topliss-reactive ketones (excluding diaryl/α,β-unsaturated/α-hetero) is 1. The molecule has 78 valence electrons. The van der Waals surface area contributed by atoms with Crippen LogP contribution in [-0.4, -0.2) is 17.0 Å². The van der Waals surface area contributed by atoms with E-state index in [1.807, 2.05) is 34.6 Å². The maximum absolute atomic E-state index is 12.1. The van der Waals surface area contributed by atoms with Gasteiger partial charge in [-0.15, -0.1) is 0 Å². The summed E-state index contributed by atoms with van der Waals surface area (Å²) in [6.07, 6.45) is 0. The number of carbonyl (C=O) groups excluding carboxylic acids is 1. The van der Waals surface area contributed by atoms with Crippen LogP contribution in [0.5, 0.6) is 0 Å². The highest BCUT2D eigenvalue weighted by Gasteiger charge is 2.75. The zero-order chi connectivity index (χ0) is 10.9. The van der Waals surface area contributed by atoms with E-state index in [2.05, 4.69) is 6.92 Å². The number of rotatable bonds is 0. The van der Waals surface area contributed by atoms with Crippen LogP contribution in [0.25, 0.3) is 0 Å². The van der Waals surface area contributed by atoms with Gasteiger partial charge in [0, 0.05) is 0 Å². The third-order valence-electron chi connectivity index (χ3n) is 4.66. The highest BCUT2D eigenvalue weighted by molar-refractivity contribution is 6.03. The zero-order valence-corrected chi connectivity index (χ0v) is 9.82. The first-order valence-electron chi connectivity index (χ1n) is 5.11. The average molecular weight is 194 g/mol. The number of ether oxygens (including phenoxy) is 1. The van der Waals surface area contributed by atoms with Gasteiger partial charge in [-0.3, -0.25) is 4.79 Å². The van der Waals surface area contributed by atoms with Crippen LogP contribution in [-0.2, 0) is 9.53 Å². The van der Waals surface area contributed by atoms with E-state index < -0.39 is 5.41 Å². The lowest BCUT2D eigenvalue weighted by Gasteiger charge is -2.35. The van der Waals surface area contributed by atoms with E-state index in [-0.39, 0.29) is 17.0 Å². The minimum atomic E-state index is -0.397. The minimum Gasteiger partial charge on any atom is -0.357 e. The molecule has 0 amide bonds. The fourth-order valence-electron chi connectivity index (χ4n) is 2.75. The predicted molar refractivity (Wildman–Crippen MR) is 55.1 cm³/mol. The van der Waals surface area contributed by atoms with Gasteiger partial charge in [-0.25, -0.2) is 0 Å². The Kier molecular flexibility index (Phi) is 1.51. The Hall–Kier alpha value is -0.630. The number of hydrogen-bond donors (Lipinski definition) is 0. The van der Waals surface area contributed by atoms with E-state index in [1.54, 1.807) is 0 Å². The van der Waals surface area contributed by atoms with Gasteiger partial charge in [0.15, 0.2) is 5.78 Å². The average Bonchev–Trinajstić information content (AvgIpc) is 2.68. The number of epoxide rings is 1. The molecule has 2 aliphatic rings. The van der Waals surface area contributed by atoms with Gasteiger partial charge in [0.2, 0.25) is 0 Å². The van der Waals surface area contributed by atoms with Gasteiger partial charge >= 0.3 is 0 Å². The predicted octanol–water partition coefficient (Wildman–Crippen LogP) is 2.48. The second-order valence-corrected chi connectivity index (χ2v) is 5.37. The van der Waals surface area contributed by atoms with E-state index >= 15 is 0 Å². The Bertz CT molecular complexity index is 365. The fraction of sp³-hybridized carbons (Fsp3) is 0.750. The van der Waals surface area contributed by atoms with Gasteiger partial charge in [-0.05, 0) is 52.7 Å². The first-order chi connectivity index (χ1) is 6.18. The highest BCUT2D eigenvalue weighted by Crippen LogP contribution is 2.65. The smallest absolute Gasteiger partial charge is 0.167 e. The van der Waals surface area contributed by atoms with Crippen LogP contribution >= 0.6 is 0 Å². The SMILES string of the molecule is CC1=C(C)[C@@]2(C)O[C@@]2(C)C(C)(C)C1=O. The third-order valence-corrected chi connectivity index (χ3v) is 4.66. The molecule has 2 heteroatoms. The summed E-state index contributed by atoms with van der Waals surface area (Å²) in [4.78, 5) is 12.1. The summed E-state index contributed by atoms with van der Waals surface area (Å²) in [5.41, 5.74) is 1.07. The largest absolute Gasteiger partial charge is 0.357 e. The van der Waals surface area contributed by atoms with Crippen LogP contribution in [0, 0.1) is 5.41 Å². The van der Waals surface area contributed by atoms with Crippen LogP contribution in [0.4, 0.5) is 0 Å². The lowest BCUT2D eigenvalue weighted by Crippen LogP contribution is -2.47. The van der Waals surface area contributed by atoms with E-state index in [0.29, 0.717) is 0 Å². The topological polar surface area (TPSA) is 29.6 Å². The lowest BCUT2D eigenvalue weighted by atomic mass is 9.62. The molecule has 0 spiro atoms. The minimum absolute atomic E-state index is 0.214. The van der Waals surface area contributed by atoms with Crippen molar-refractivity contribution >= 4 is 5.78 Å². The van der Waals surface area contributed by atoms with Crippen molar-refractivity contribution in [2.24, 2.45) is 5.41 Å². The van der Waals surface area contributed by atoms with Gasteiger partial charge in [0.1, 0.15) is 11.2 Å². The molecule has 0 N–H and O–H groups in total. The Labute approximate surface area is 85.3 Å². The van der Waals surface area contributed by atoms with Gasteiger partial charge in [0.05, 0.1) is 5.41 Å². The molecule has 1 saturated heterocycles. The standard InChI is InChI=1S/C12H18O2/c1-7-8(2)11(5)12(6,14-11)10(3,4)9(7)13/h1-6H3/t11-,12+/m1/s1. The molecule has 1 aliphatic heterocycles. The molecule has 1 heterocycles. The molecule has 2 rings (SSSR count). The monoisotopic (exact) mass is 194 g/mol. The van der Waals surface area contributed by atoms with Crippen LogP contribution in [0.3, 0.4) is 0 Å². The maximum atomic E-state index is 12.1. The van der Waals surface area contributed by atoms with E-state index in [1.165, 1.54) is 0 Å².